The molecule has 0 aliphatic heterocycles. The summed E-state index contributed by atoms with van der Waals surface area (Å²) in [6.45, 7) is 0. The molecule has 0 bridgehead atoms. The van der Waals surface area contributed by atoms with Crippen molar-refractivity contribution in [1.29, 1.82) is 0 Å². The minimum atomic E-state index is -5.05. The monoisotopic (exact) mass is 501 g/mol. The summed E-state index contributed by atoms with van der Waals surface area (Å²) in [5, 5.41) is 2.62. The first-order valence-corrected chi connectivity index (χ1v) is 9.56. The van der Waals surface area contributed by atoms with Gasteiger partial charge in [-0.1, -0.05) is 29.3 Å². The molecule has 0 saturated carbocycles. The van der Waals surface area contributed by atoms with Crippen molar-refractivity contribution in [1.82, 2.24) is 5.32 Å². The molecule has 0 radical (unpaired) electrons. The van der Waals surface area contributed by atoms with Crippen LogP contribution in [0.4, 0.5) is 26.3 Å². The van der Waals surface area contributed by atoms with Crippen molar-refractivity contribution in [2.45, 2.75) is 31.2 Å². The molecule has 0 spiro atoms. The predicted octanol–water partition coefficient (Wildman–Crippen LogP) is 5.47. The van der Waals surface area contributed by atoms with Crippen LogP contribution in [0.5, 0.6) is 0 Å². The van der Waals surface area contributed by atoms with Gasteiger partial charge >= 0.3 is 18.3 Å². The summed E-state index contributed by atoms with van der Waals surface area (Å²) in [6.07, 6.45) is -11.2. The van der Waals surface area contributed by atoms with Crippen molar-refractivity contribution < 1.29 is 40.7 Å². The van der Waals surface area contributed by atoms with Crippen molar-refractivity contribution in [3.63, 3.8) is 0 Å². The number of alkyl halides is 6. The fourth-order valence-corrected chi connectivity index (χ4v) is 3.37. The molecule has 1 amide bonds. The van der Waals surface area contributed by atoms with Crippen LogP contribution in [0, 0.1) is 0 Å². The number of benzene rings is 2. The molecule has 0 aliphatic rings. The van der Waals surface area contributed by atoms with Gasteiger partial charge in [0.05, 0.1) is 24.7 Å². The normalized spacial score (nSPS) is 12.9. The Labute approximate surface area is 188 Å². The van der Waals surface area contributed by atoms with Crippen molar-refractivity contribution in [3.05, 3.63) is 68.7 Å². The fourth-order valence-electron chi connectivity index (χ4n) is 2.82. The summed E-state index contributed by atoms with van der Waals surface area (Å²) in [5.41, 5.74) is -3.35. The number of hydrogen-bond donors (Lipinski definition) is 1. The van der Waals surface area contributed by atoms with Gasteiger partial charge in [-0.3, -0.25) is 4.79 Å². The summed E-state index contributed by atoms with van der Waals surface area (Å²) >= 11 is 12.1. The summed E-state index contributed by atoms with van der Waals surface area (Å²) in [6, 6.07) is 4.02. The molecule has 0 heterocycles. The molecule has 2 aromatic rings. The quantitative estimate of drug-likeness (QED) is 0.421. The molecule has 12 heteroatoms. The van der Waals surface area contributed by atoms with Crippen LogP contribution in [0.1, 0.15) is 22.3 Å². The highest BCUT2D eigenvalue weighted by Gasteiger charge is 2.37. The van der Waals surface area contributed by atoms with Crippen LogP contribution in [-0.2, 0) is 39.5 Å². The number of carbonyl (C=O) groups excluding carboxylic acids is 2. The molecule has 32 heavy (non-hydrogen) atoms. The van der Waals surface area contributed by atoms with E-state index >= 15 is 0 Å². The molecule has 0 aliphatic carbocycles. The van der Waals surface area contributed by atoms with Gasteiger partial charge in [-0.05, 0) is 41.5 Å². The number of hydrogen-bond acceptors (Lipinski definition) is 3. The van der Waals surface area contributed by atoms with E-state index in [1.165, 1.54) is 12.1 Å². The van der Waals surface area contributed by atoms with Crippen LogP contribution < -0.4 is 5.32 Å². The maximum Gasteiger partial charge on any atom is 0.416 e. The number of rotatable bonds is 6. The fraction of sp³-hybridized carbons (Fsp3) is 0.300. The number of methoxy groups -OCH3 is 1. The van der Waals surface area contributed by atoms with E-state index in [9.17, 15) is 35.9 Å². The van der Waals surface area contributed by atoms with E-state index in [4.69, 9.17) is 23.2 Å². The summed E-state index contributed by atoms with van der Waals surface area (Å²) in [7, 11) is 1.04. The Morgan fingerprint density at radius 3 is 1.91 bits per heavy atom. The third-order valence-corrected chi connectivity index (χ3v) is 5.01. The van der Waals surface area contributed by atoms with Crippen LogP contribution in [0.3, 0.4) is 0 Å². The van der Waals surface area contributed by atoms with E-state index in [1.807, 2.05) is 0 Å². The van der Waals surface area contributed by atoms with Crippen LogP contribution >= 0.6 is 23.2 Å². The van der Waals surface area contributed by atoms with Gasteiger partial charge in [0.2, 0.25) is 5.91 Å². The van der Waals surface area contributed by atoms with Gasteiger partial charge in [-0.2, -0.15) is 26.3 Å². The zero-order valence-corrected chi connectivity index (χ0v) is 17.7. The van der Waals surface area contributed by atoms with Crippen LogP contribution in [0.2, 0.25) is 10.0 Å². The minimum absolute atomic E-state index is 0.0436. The zero-order chi connectivity index (χ0) is 24.3. The van der Waals surface area contributed by atoms with Crippen LogP contribution in [0.15, 0.2) is 36.4 Å². The SMILES string of the molecule is COC(=O)[C@H](Cc1c(Cl)cccc1Cl)NC(=O)Cc1cc(C(F)(F)F)cc(C(F)(F)F)c1. The van der Waals surface area contributed by atoms with Gasteiger partial charge in [-0.25, -0.2) is 4.79 Å². The number of halogens is 8. The zero-order valence-electron chi connectivity index (χ0n) is 16.2. The molecule has 0 saturated heterocycles. The first-order chi connectivity index (χ1) is 14.7. The second-order valence-corrected chi connectivity index (χ2v) is 7.45. The lowest BCUT2D eigenvalue weighted by Crippen LogP contribution is -2.43. The summed E-state index contributed by atoms with van der Waals surface area (Å²) < 4.78 is 82.6. The molecule has 0 unspecified atom stereocenters. The Bertz CT molecular complexity index is 955. The molecule has 0 fully saturated rings. The Balaban J connectivity index is 2.29. The third-order valence-electron chi connectivity index (χ3n) is 4.30. The number of amides is 1. The minimum Gasteiger partial charge on any atom is -0.467 e. The Morgan fingerprint density at radius 1 is 0.969 bits per heavy atom. The number of ether oxygens (including phenoxy) is 1. The van der Waals surface area contributed by atoms with Crippen molar-refractivity contribution in [2.24, 2.45) is 0 Å². The summed E-state index contributed by atoms with van der Waals surface area (Å²) in [4.78, 5) is 24.5. The largest absolute Gasteiger partial charge is 0.467 e. The third kappa shape index (κ3) is 6.77. The highest BCUT2D eigenvalue weighted by molar-refractivity contribution is 6.36. The van der Waals surface area contributed by atoms with E-state index in [1.54, 1.807) is 6.07 Å². The Morgan fingerprint density at radius 2 is 1.47 bits per heavy atom. The van der Waals surface area contributed by atoms with Gasteiger partial charge in [0.15, 0.2) is 0 Å². The van der Waals surface area contributed by atoms with Crippen molar-refractivity contribution in [2.75, 3.05) is 7.11 Å². The van der Waals surface area contributed by atoms with Gasteiger partial charge in [0, 0.05) is 16.5 Å². The van der Waals surface area contributed by atoms with E-state index in [2.05, 4.69) is 10.1 Å². The maximum absolute atomic E-state index is 13.0. The summed E-state index contributed by atoms with van der Waals surface area (Å²) in [5.74, 6) is -1.91. The average Bonchev–Trinajstić information content (AvgIpc) is 2.67. The first kappa shape index (κ1) is 25.8. The average molecular weight is 502 g/mol. The topological polar surface area (TPSA) is 55.4 Å². The van der Waals surface area contributed by atoms with Gasteiger partial charge < -0.3 is 10.1 Å². The van der Waals surface area contributed by atoms with E-state index in [-0.39, 0.29) is 22.5 Å². The molecule has 2 aromatic carbocycles. The van der Waals surface area contributed by atoms with Crippen molar-refractivity contribution in [3.8, 4) is 0 Å². The smallest absolute Gasteiger partial charge is 0.416 e. The second-order valence-electron chi connectivity index (χ2n) is 6.64. The Hall–Kier alpha value is -2.46. The number of carbonyl (C=O) groups is 2. The molecule has 0 aromatic heterocycles. The molecule has 4 nitrogen and oxygen atoms in total. The highest BCUT2D eigenvalue weighted by Crippen LogP contribution is 2.36. The number of esters is 1. The van der Waals surface area contributed by atoms with E-state index < -0.39 is 53.4 Å². The number of nitrogens with one attached hydrogen (secondary N) is 1. The molecular formula is C20H15Cl2F6NO3. The van der Waals surface area contributed by atoms with E-state index in [0.29, 0.717) is 17.7 Å². The van der Waals surface area contributed by atoms with Gasteiger partial charge in [0.1, 0.15) is 6.04 Å². The van der Waals surface area contributed by atoms with Gasteiger partial charge in [-0.15, -0.1) is 0 Å². The molecule has 174 valence electrons. The highest BCUT2D eigenvalue weighted by atomic mass is 35.5. The standard InChI is InChI=1S/C20H15Cl2F6NO3/c1-32-18(31)16(9-13-14(21)3-2-4-15(13)22)29-17(30)7-10-5-11(19(23,24)25)8-12(6-10)20(26,27)28/h2-6,8,16H,7,9H2,1H3,(H,29,30)/t16-/m0/s1. The first-order valence-electron chi connectivity index (χ1n) is 8.80. The lowest BCUT2D eigenvalue weighted by molar-refractivity contribution is -0.145. The molecular weight excluding hydrogens is 487 g/mol. The van der Waals surface area contributed by atoms with Crippen molar-refractivity contribution >= 4 is 35.1 Å². The van der Waals surface area contributed by atoms with E-state index in [0.717, 1.165) is 7.11 Å². The lowest BCUT2D eigenvalue weighted by Gasteiger charge is -2.19. The lowest BCUT2D eigenvalue weighted by atomic mass is 10.0. The molecule has 2 rings (SSSR count). The second kappa shape index (κ2) is 9.99. The Kier molecular flexibility index (Phi) is 8.06. The predicted molar refractivity (Wildman–Crippen MR) is 104 cm³/mol. The molecule has 1 atom stereocenters. The van der Waals surface area contributed by atoms with Crippen LogP contribution in [-0.4, -0.2) is 25.0 Å². The molecule has 1 N–H and O–H groups in total. The maximum atomic E-state index is 13.0. The van der Waals surface area contributed by atoms with Gasteiger partial charge in [0.25, 0.3) is 0 Å². The van der Waals surface area contributed by atoms with Crippen LogP contribution in [0.25, 0.3) is 0 Å².